The van der Waals surface area contributed by atoms with E-state index in [4.69, 9.17) is 21.4 Å². The van der Waals surface area contributed by atoms with E-state index in [1.807, 2.05) is 12.1 Å². The van der Waals surface area contributed by atoms with Gasteiger partial charge < -0.3 is 19.6 Å². The Hall–Kier alpha value is -3.16. The molecule has 1 aromatic heterocycles. The van der Waals surface area contributed by atoms with Gasteiger partial charge in [0.05, 0.1) is 12.7 Å². The largest absolute Gasteiger partial charge is 0.496 e. The molecule has 0 spiro atoms. The Morgan fingerprint density at radius 2 is 1.90 bits per heavy atom. The molecule has 3 rings (SSSR count). The highest BCUT2D eigenvalue weighted by Gasteiger charge is 2.13. The maximum absolute atomic E-state index is 12.4. The Balaban J connectivity index is 1.72. The van der Waals surface area contributed by atoms with E-state index in [2.05, 4.69) is 17.6 Å². The molecule has 0 saturated carbocycles. The van der Waals surface area contributed by atoms with Gasteiger partial charge in [-0.1, -0.05) is 19.1 Å². The Kier molecular flexibility index (Phi) is 6.64. The summed E-state index contributed by atoms with van der Waals surface area (Å²) in [5, 5.41) is 15.1. The average Bonchev–Trinajstić information content (AvgIpc) is 3.23. The molecule has 0 atom stereocenters. The number of thiocarbonyl (C=S) groups is 1. The monoisotopic (exact) mass is 410 g/mol. The second kappa shape index (κ2) is 9.36. The molecule has 0 bridgehead atoms. The number of methoxy groups -OCH3 is 1. The van der Waals surface area contributed by atoms with Crippen molar-refractivity contribution in [1.29, 1.82) is 0 Å². The Bertz CT molecular complexity index is 1010. The summed E-state index contributed by atoms with van der Waals surface area (Å²) in [5.41, 5.74) is 3.06. The summed E-state index contributed by atoms with van der Waals surface area (Å²) in [4.78, 5) is 12.4. The number of furan rings is 1. The molecule has 1 amide bonds. The van der Waals surface area contributed by atoms with Crippen molar-refractivity contribution in [3.05, 3.63) is 71.5 Å². The predicted molar refractivity (Wildman–Crippen MR) is 116 cm³/mol. The third kappa shape index (κ3) is 5.01. The molecule has 0 unspecified atom stereocenters. The Labute approximate surface area is 174 Å². The first-order chi connectivity index (χ1) is 14.0. The van der Waals surface area contributed by atoms with Crippen LogP contribution in [0.25, 0.3) is 11.3 Å². The molecule has 2 aromatic carbocycles. The SMILES string of the molecule is CCc1ccc(C(=O)NC(=S)Nc2ccc(OC)c(-c3ccc(CO)o3)c2)cc1. The lowest BCUT2D eigenvalue weighted by molar-refractivity contribution is 0.0977. The number of benzene rings is 2. The van der Waals surface area contributed by atoms with Gasteiger partial charge in [0, 0.05) is 11.3 Å². The lowest BCUT2D eigenvalue weighted by atomic mass is 10.1. The number of aryl methyl sites for hydroxylation is 1. The van der Waals surface area contributed by atoms with Crippen molar-refractivity contribution < 1.29 is 19.1 Å². The molecule has 29 heavy (non-hydrogen) atoms. The van der Waals surface area contributed by atoms with E-state index in [0.717, 1.165) is 12.0 Å². The zero-order valence-corrected chi connectivity index (χ0v) is 17.0. The molecule has 3 N–H and O–H groups in total. The fraction of sp³-hybridized carbons (Fsp3) is 0.182. The van der Waals surface area contributed by atoms with Crippen LogP contribution >= 0.6 is 12.2 Å². The molecule has 0 aliphatic heterocycles. The van der Waals surface area contributed by atoms with Crippen LogP contribution in [0, 0.1) is 0 Å². The summed E-state index contributed by atoms with van der Waals surface area (Å²) in [6.07, 6.45) is 0.914. The van der Waals surface area contributed by atoms with E-state index >= 15 is 0 Å². The van der Waals surface area contributed by atoms with Crippen molar-refractivity contribution in [2.45, 2.75) is 20.0 Å². The standard InChI is InChI=1S/C22H22N2O4S/c1-3-14-4-6-15(7-5-14)21(26)24-22(29)23-16-8-10-19(27-2)18(12-16)20-11-9-17(13-25)28-20/h4-12,25H,3,13H2,1-2H3,(H2,23,24,26,29). The maximum Gasteiger partial charge on any atom is 0.257 e. The molecule has 3 aromatic rings. The molecule has 6 nitrogen and oxygen atoms in total. The minimum Gasteiger partial charge on any atom is -0.496 e. The first kappa shape index (κ1) is 20.6. The minimum absolute atomic E-state index is 0.182. The van der Waals surface area contributed by atoms with Crippen LogP contribution in [0.1, 0.15) is 28.6 Å². The number of carbonyl (C=O) groups is 1. The van der Waals surface area contributed by atoms with E-state index < -0.39 is 0 Å². The van der Waals surface area contributed by atoms with Crippen LogP contribution in [0.2, 0.25) is 0 Å². The highest BCUT2D eigenvalue weighted by Crippen LogP contribution is 2.33. The zero-order chi connectivity index (χ0) is 20.8. The zero-order valence-electron chi connectivity index (χ0n) is 16.2. The van der Waals surface area contributed by atoms with E-state index in [-0.39, 0.29) is 17.6 Å². The first-order valence-electron chi connectivity index (χ1n) is 9.13. The van der Waals surface area contributed by atoms with E-state index in [9.17, 15) is 9.90 Å². The summed E-state index contributed by atoms with van der Waals surface area (Å²) < 4.78 is 11.0. The molecular formula is C22H22N2O4S. The Morgan fingerprint density at radius 1 is 1.14 bits per heavy atom. The molecular weight excluding hydrogens is 388 g/mol. The van der Waals surface area contributed by atoms with Crippen LogP contribution in [-0.4, -0.2) is 23.2 Å². The molecule has 0 aliphatic carbocycles. The summed E-state index contributed by atoms with van der Waals surface area (Å²) in [5.74, 6) is 1.34. The lowest BCUT2D eigenvalue weighted by Crippen LogP contribution is -2.34. The number of hydrogen-bond donors (Lipinski definition) is 3. The summed E-state index contributed by atoms with van der Waals surface area (Å²) >= 11 is 5.27. The van der Waals surface area contributed by atoms with Gasteiger partial charge in [0.2, 0.25) is 0 Å². The molecule has 150 valence electrons. The number of amides is 1. The fourth-order valence-corrected chi connectivity index (χ4v) is 3.03. The van der Waals surface area contributed by atoms with Crippen LogP contribution in [0.4, 0.5) is 5.69 Å². The second-order valence-electron chi connectivity index (χ2n) is 6.30. The van der Waals surface area contributed by atoms with Crippen LogP contribution in [0.5, 0.6) is 5.75 Å². The van der Waals surface area contributed by atoms with Crippen LogP contribution in [0.15, 0.2) is 59.0 Å². The second-order valence-corrected chi connectivity index (χ2v) is 6.71. The number of ether oxygens (including phenoxy) is 1. The first-order valence-corrected chi connectivity index (χ1v) is 9.54. The van der Waals surface area contributed by atoms with Crippen molar-refractivity contribution in [3.8, 4) is 17.1 Å². The van der Waals surface area contributed by atoms with Crippen molar-refractivity contribution >= 4 is 28.9 Å². The number of aliphatic hydroxyl groups excluding tert-OH is 1. The molecule has 0 radical (unpaired) electrons. The van der Waals surface area contributed by atoms with E-state index in [1.54, 1.807) is 49.6 Å². The normalized spacial score (nSPS) is 10.4. The molecule has 7 heteroatoms. The van der Waals surface area contributed by atoms with Gasteiger partial charge in [-0.05, 0) is 66.7 Å². The van der Waals surface area contributed by atoms with E-state index in [1.165, 1.54) is 0 Å². The third-order valence-electron chi connectivity index (χ3n) is 4.39. The predicted octanol–water partition coefficient (Wildman–Crippen LogP) is 4.14. The van der Waals surface area contributed by atoms with Crippen molar-refractivity contribution in [2.75, 3.05) is 12.4 Å². The number of nitrogens with one attached hydrogen (secondary N) is 2. The smallest absolute Gasteiger partial charge is 0.257 e. The van der Waals surface area contributed by atoms with Gasteiger partial charge in [-0.3, -0.25) is 10.1 Å². The van der Waals surface area contributed by atoms with Gasteiger partial charge in [-0.15, -0.1) is 0 Å². The number of aliphatic hydroxyl groups is 1. The summed E-state index contributed by atoms with van der Waals surface area (Å²) in [7, 11) is 1.57. The molecule has 0 saturated heterocycles. The Morgan fingerprint density at radius 3 is 2.52 bits per heavy atom. The highest BCUT2D eigenvalue weighted by atomic mass is 32.1. The van der Waals surface area contributed by atoms with Gasteiger partial charge >= 0.3 is 0 Å². The number of anilines is 1. The fourth-order valence-electron chi connectivity index (χ4n) is 2.82. The summed E-state index contributed by atoms with van der Waals surface area (Å²) in [6, 6.07) is 16.2. The molecule has 0 aliphatic rings. The topological polar surface area (TPSA) is 83.7 Å². The van der Waals surface area contributed by atoms with Gasteiger partial charge in [-0.25, -0.2) is 0 Å². The number of carbonyl (C=O) groups excluding carboxylic acids is 1. The van der Waals surface area contributed by atoms with Crippen LogP contribution in [-0.2, 0) is 13.0 Å². The van der Waals surface area contributed by atoms with E-state index in [0.29, 0.717) is 34.1 Å². The van der Waals surface area contributed by atoms with Crippen molar-refractivity contribution in [1.82, 2.24) is 5.32 Å². The van der Waals surface area contributed by atoms with Crippen molar-refractivity contribution in [2.24, 2.45) is 0 Å². The molecule has 0 fully saturated rings. The van der Waals surface area contributed by atoms with Crippen LogP contribution < -0.4 is 15.4 Å². The third-order valence-corrected chi connectivity index (χ3v) is 4.60. The quantitative estimate of drug-likeness (QED) is 0.530. The van der Waals surface area contributed by atoms with Crippen LogP contribution in [0.3, 0.4) is 0 Å². The average molecular weight is 410 g/mol. The van der Waals surface area contributed by atoms with Crippen molar-refractivity contribution in [3.63, 3.8) is 0 Å². The minimum atomic E-state index is -0.280. The lowest BCUT2D eigenvalue weighted by Gasteiger charge is -2.12. The summed E-state index contributed by atoms with van der Waals surface area (Å²) in [6.45, 7) is 1.88. The van der Waals surface area contributed by atoms with Gasteiger partial charge in [-0.2, -0.15) is 0 Å². The molecule has 1 heterocycles. The number of hydrogen-bond acceptors (Lipinski definition) is 5. The highest BCUT2D eigenvalue weighted by molar-refractivity contribution is 7.80. The number of rotatable bonds is 6. The van der Waals surface area contributed by atoms with Gasteiger partial charge in [0.1, 0.15) is 23.9 Å². The maximum atomic E-state index is 12.4. The van der Waals surface area contributed by atoms with Gasteiger partial charge in [0.25, 0.3) is 5.91 Å². The van der Waals surface area contributed by atoms with Gasteiger partial charge in [0.15, 0.2) is 5.11 Å².